The molecule has 0 bridgehead atoms. The van der Waals surface area contributed by atoms with Crippen LogP contribution in [0.2, 0.25) is 0 Å². The summed E-state index contributed by atoms with van der Waals surface area (Å²) in [5.74, 6) is -3.86. The first-order valence-corrected chi connectivity index (χ1v) is 8.28. The summed E-state index contributed by atoms with van der Waals surface area (Å²) in [4.78, 5) is 62.8. The molecule has 1 atom stereocenters. The molecule has 9 nitrogen and oxygen atoms in total. The van der Waals surface area contributed by atoms with E-state index >= 15 is 0 Å². The third-order valence-corrected chi connectivity index (χ3v) is 4.47. The second-order valence-electron chi connectivity index (χ2n) is 6.13. The van der Waals surface area contributed by atoms with Crippen molar-refractivity contribution < 1.29 is 29.1 Å². The molecule has 9 heteroatoms. The highest BCUT2D eigenvalue weighted by Gasteiger charge is 2.46. The number of imide groups is 1. The Morgan fingerprint density at radius 1 is 1.11 bits per heavy atom. The van der Waals surface area contributed by atoms with Crippen molar-refractivity contribution in [2.75, 3.05) is 13.1 Å². The summed E-state index contributed by atoms with van der Waals surface area (Å²) in [6.45, 7) is 2.68. The second-order valence-corrected chi connectivity index (χ2v) is 6.13. The number of benzene rings is 1. The average Bonchev–Trinajstić information content (AvgIpc) is 2.83. The maximum Gasteiger partial charge on any atom is 0.325 e. The number of fused-ring (bicyclic) bond motifs is 1. The summed E-state index contributed by atoms with van der Waals surface area (Å²) in [5.41, 5.74) is 0.359. The predicted molar refractivity (Wildman–Crippen MR) is 91.2 cm³/mol. The summed E-state index contributed by atoms with van der Waals surface area (Å²) < 4.78 is 0. The van der Waals surface area contributed by atoms with Crippen LogP contribution in [0.3, 0.4) is 0 Å². The number of carboxylic acid groups (broad SMARTS) is 1. The van der Waals surface area contributed by atoms with E-state index in [4.69, 9.17) is 5.11 Å². The van der Waals surface area contributed by atoms with Crippen LogP contribution < -0.4 is 0 Å². The molecule has 0 saturated carbocycles. The molecule has 1 unspecified atom stereocenters. The molecule has 140 valence electrons. The minimum atomic E-state index is -1.33. The Labute approximate surface area is 154 Å². The van der Waals surface area contributed by atoms with Gasteiger partial charge in [-0.05, 0) is 18.6 Å². The third kappa shape index (κ3) is 3.07. The molecule has 0 aromatic heterocycles. The fraction of sp³-hybridized carbons (Fsp3) is 0.278. The molecule has 1 aromatic carbocycles. The van der Waals surface area contributed by atoms with Crippen molar-refractivity contribution in [3.63, 3.8) is 0 Å². The SMILES string of the molecule is C=CCN1C(=O)CCC(N2C(=O)c3ccccc3C2=O)C(=O)N1CC(=O)O. The smallest absolute Gasteiger partial charge is 0.325 e. The van der Waals surface area contributed by atoms with Crippen molar-refractivity contribution in [2.24, 2.45) is 0 Å². The fourth-order valence-electron chi connectivity index (χ4n) is 3.28. The van der Waals surface area contributed by atoms with Crippen molar-refractivity contribution in [1.82, 2.24) is 14.9 Å². The van der Waals surface area contributed by atoms with Gasteiger partial charge in [-0.3, -0.25) is 28.9 Å². The van der Waals surface area contributed by atoms with Crippen molar-refractivity contribution >= 4 is 29.6 Å². The molecule has 2 aliphatic rings. The lowest BCUT2D eigenvalue weighted by Crippen LogP contribution is -2.56. The van der Waals surface area contributed by atoms with Crippen LogP contribution in [-0.4, -0.2) is 68.8 Å². The largest absolute Gasteiger partial charge is 0.480 e. The number of hydrazine groups is 1. The number of carbonyl (C=O) groups excluding carboxylic acids is 4. The molecule has 1 saturated heterocycles. The quantitative estimate of drug-likeness (QED) is 0.587. The van der Waals surface area contributed by atoms with Gasteiger partial charge in [-0.15, -0.1) is 6.58 Å². The highest BCUT2D eigenvalue weighted by Crippen LogP contribution is 2.28. The lowest BCUT2D eigenvalue weighted by molar-refractivity contribution is -0.167. The van der Waals surface area contributed by atoms with Crippen LogP contribution in [0.25, 0.3) is 0 Å². The number of rotatable bonds is 5. The number of hydrogen-bond donors (Lipinski definition) is 1. The lowest BCUT2D eigenvalue weighted by atomic mass is 10.1. The number of hydrogen-bond acceptors (Lipinski definition) is 5. The van der Waals surface area contributed by atoms with Crippen molar-refractivity contribution in [3.8, 4) is 0 Å². The van der Waals surface area contributed by atoms with Crippen LogP contribution in [0, 0.1) is 0 Å². The van der Waals surface area contributed by atoms with Gasteiger partial charge in [-0.1, -0.05) is 18.2 Å². The Kier molecular flexibility index (Phi) is 4.76. The normalized spacial score (nSPS) is 20.0. The molecule has 1 fully saturated rings. The standard InChI is InChI=1S/C18H17N3O6/c1-2-9-19-14(22)8-7-13(18(27)20(19)10-15(23)24)21-16(25)11-5-3-4-6-12(11)17(21)26/h2-6,13H,1,7-10H2,(H,23,24). The summed E-state index contributed by atoms with van der Waals surface area (Å²) in [7, 11) is 0. The molecule has 2 aliphatic heterocycles. The number of nitrogens with zero attached hydrogens (tertiary/aromatic N) is 3. The van der Waals surface area contributed by atoms with Crippen LogP contribution in [-0.2, 0) is 14.4 Å². The number of amides is 4. The molecule has 4 amide bonds. The van der Waals surface area contributed by atoms with Crippen LogP contribution in [0.5, 0.6) is 0 Å². The van der Waals surface area contributed by atoms with Crippen molar-refractivity contribution in [1.29, 1.82) is 0 Å². The zero-order valence-electron chi connectivity index (χ0n) is 14.3. The molecule has 0 radical (unpaired) electrons. The van der Waals surface area contributed by atoms with E-state index in [-0.39, 0.29) is 30.5 Å². The van der Waals surface area contributed by atoms with Gasteiger partial charge in [0, 0.05) is 6.42 Å². The van der Waals surface area contributed by atoms with Crippen LogP contribution in [0.1, 0.15) is 33.6 Å². The lowest BCUT2D eigenvalue weighted by Gasteiger charge is -2.33. The van der Waals surface area contributed by atoms with Crippen LogP contribution in [0.15, 0.2) is 36.9 Å². The Morgan fingerprint density at radius 3 is 2.22 bits per heavy atom. The number of carboxylic acids is 1. The van der Waals surface area contributed by atoms with E-state index in [1.54, 1.807) is 12.1 Å². The molecule has 1 N–H and O–H groups in total. The van der Waals surface area contributed by atoms with Gasteiger partial charge in [0.1, 0.15) is 12.6 Å². The Balaban J connectivity index is 1.99. The van der Waals surface area contributed by atoms with Gasteiger partial charge in [-0.2, -0.15) is 0 Å². The molecule has 0 aliphatic carbocycles. The molecule has 0 spiro atoms. The maximum absolute atomic E-state index is 13.0. The Bertz CT molecular complexity index is 829. The first-order valence-electron chi connectivity index (χ1n) is 8.28. The van der Waals surface area contributed by atoms with E-state index in [0.717, 1.165) is 14.9 Å². The highest BCUT2D eigenvalue weighted by molar-refractivity contribution is 6.23. The molecule has 3 rings (SSSR count). The van der Waals surface area contributed by atoms with Gasteiger partial charge in [0.05, 0.1) is 17.7 Å². The summed E-state index contributed by atoms with van der Waals surface area (Å²) >= 11 is 0. The zero-order valence-corrected chi connectivity index (χ0v) is 14.3. The number of aliphatic carboxylic acids is 1. The van der Waals surface area contributed by atoms with Gasteiger partial charge in [0.2, 0.25) is 5.91 Å². The van der Waals surface area contributed by atoms with Crippen LogP contribution in [0.4, 0.5) is 0 Å². The van der Waals surface area contributed by atoms with Gasteiger partial charge in [-0.25, -0.2) is 10.0 Å². The van der Waals surface area contributed by atoms with E-state index in [2.05, 4.69) is 6.58 Å². The predicted octanol–water partition coefficient (Wildman–Crippen LogP) is 0.288. The zero-order chi connectivity index (χ0) is 19.7. The molecular formula is C18H17N3O6. The van der Waals surface area contributed by atoms with E-state index in [1.165, 1.54) is 18.2 Å². The van der Waals surface area contributed by atoms with E-state index in [0.29, 0.717) is 0 Å². The van der Waals surface area contributed by atoms with Gasteiger partial charge in [0.25, 0.3) is 17.7 Å². The first-order chi connectivity index (χ1) is 12.9. The summed E-state index contributed by atoms with van der Waals surface area (Å²) in [5, 5.41) is 10.9. The molecule has 1 aromatic rings. The minimum Gasteiger partial charge on any atom is -0.480 e. The van der Waals surface area contributed by atoms with Gasteiger partial charge in [0.15, 0.2) is 0 Å². The van der Waals surface area contributed by atoms with Crippen molar-refractivity contribution in [2.45, 2.75) is 18.9 Å². The topological polar surface area (TPSA) is 115 Å². The van der Waals surface area contributed by atoms with Gasteiger partial charge < -0.3 is 5.11 Å². The van der Waals surface area contributed by atoms with E-state index in [9.17, 15) is 24.0 Å². The Morgan fingerprint density at radius 2 is 1.70 bits per heavy atom. The number of carbonyl (C=O) groups is 5. The summed E-state index contributed by atoms with van der Waals surface area (Å²) in [6.07, 6.45) is 1.17. The van der Waals surface area contributed by atoms with E-state index < -0.39 is 42.2 Å². The summed E-state index contributed by atoms with van der Waals surface area (Å²) in [6, 6.07) is 4.93. The van der Waals surface area contributed by atoms with Crippen LogP contribution >= 0.6 is 0 Å². The van der Waals surface area contributed by atoms with Gasteiger partial charge >= 0.3 is 5.97 Å². The molecule has 27 heavy (non-hydrogen) atoms. The fourth-order valence-corrected chi connectivity index (χ4v) is 3.28. The first kappa shape index (κ1) is 18.3. The molecular weight excluding hydrogens is 354 g/mol. The monoisotopic (exact) mass is 371 g/mol. The second kappa shape index (κ2) is 7.02. The molecule has 2 heterocycles. The van der Waals surface area contributed by atoms with Crippen molar-refractivity contribution in [3.05, 3.63) is 48.0 Å². The average molecular weight is 371 g/mol. The maximum atomic E-state index is 13.0. The minimum absolute atomic E-state index is 0.0628. The Hall–Kier alpha value is -3.49. The highest BCUT2D eigenvalue weighted by atomic mass is 16.4. The van der Waals surface area contributed by atoms with E-state index in [1.807, 2.05) is 0 Å². The third-order valence-electron chi connectivity index (χ3n) is 4.47.